The van der Waals surface area contributed by atoms with Crippen LogP contribution in [0, 0.1) is 10.8 Å². The lowest BCUT2D eigenvalue weighted by Crippen LogP contribution is -2.57. The second-order valence-electron chi connectivity index (χ2n) is 13.0. The highest BCUT2D eigenvalue weighted by molar-refractivity contribution is 6.98. The minimum absolute atomic E-state index is 0.139. The Morgan fingerprint density at radius 2 is 1.00 bits per heavy atom. The fourth-order valence-corrected chi connectivity index (χ4v) is 7.66. The van der Waals surface area contributed by atoms with Crippen molar-refractivity contribution in [3.8, 4) is 11.4 Å². The van der Waals surface area contributed by atoms with Gasteiger partial charge in [0.25, 0.3) is 0 Å². The van der Waals surface area contributed by atoms with Gasteiger partial charge in [0.05, 0.1) is 11.4 Å². The van der Waals surface area contributed by atoms with Gasteiger partial charge in [0.2, 0.25) is 8.07 Å². The van der Waals surface area contributed by atoms with Crippen molar-refractivity contribution in [1.82, 2.24) is 29.5 Å². The highest BCUT2D eigenvalue weighted by Gasteiger charge is 2.40. The van der Waals surface area contributed by atoms with Gasteiger partial charge in [0, 0.05) is 39.3 Å². The summed E-state index contributed by atoms with van der Waals surface area (Å²) in [6.45, 7) is 12.5. The van der Waals surface area contributed by atoms with Gasteiger partial charge >= 0.3 is 0 Å². The Kier molecular flexibility index (Phi) is 7.69. The van der Waals surface area contributed by atoms with Gasteiger partial charge in [0.1, 0.15) is 22.5 Å². The molecule has 9 heteroatoms. The molecule has 4 heterocycles. The minimum Gasteiger partial charge on any atom is -0.381 e. The largest absolute Gasteiger partial charge is 0.381 e. The van der Waals surface area contributed by atoms with Crippen LogP contribution < -0.4 is 10.9 Å². The van der Waals surface area contributed by atoms with Crippen LogP contribution in [0.3, 0.4) is 0 Å². The Labute approximate surface area is 244 Å². The van der Waals surface area contributed by atoms with Crippen molar-refractivity contribution in [3.05, 3.63) is 72.3 Å². The zero-order chi connectivity index (χ0) is 28.5. The fraction of sp³-hybridized carbons (Fsp3) is 0.500. The average Bonchev–Trinajstić information content (AvgIpc) is 3.60. The molecule has 0 aliphatic carbocycles. The molecule has 4 aromatic rings. The van der Waals surface area contributed by atoms with Crippen LogP contribution in [0.1, 0.15) is 51.2 Å². The van der Waals surface area contributed by atoms with Crippen LogP contribution in [0.4, 0.5) is 0 Å². The molecule has 2 aliphatic heterocycles. The molecule has 8 nitrogen and oxygen atoms in total. The standard InChI is InChI=1S/C32H42N6O2Si/c1-31(15-19-39-20-16-31)23-27-33-29(35-37(27)25-11-7-5-8-12-25)41(3,4)30-34-28(24-32(2)17-21-40-22-18-32)38(36-30)26-13-9-6-10-14-26/h5-14H,15-24H2,1-4H3. The maximum Gasteiger partial charge on any atom is 0.210 e. The zero-order valence-corrected chi connectivity index (χ0v) is 25.8. The van der Waals surface area contributed by atoms with Gasteiger partial charge < -0.3 is 9.47 Å². The number of rotatable bonds is 8. The van der Waals surface area contributed by atoms with E-state index in [9.17, 15) is 0 Å². The molecule has 2 aromatic heterocycles. The van der Waals surface area contributed by atoms with Crippen molar-refractivity contribution < 1.29 is 9.47 Å². The molecule has 0 radical (unpaired) electrons. The van der Waals surface area contributed by atoms with Gasteiger partial charge in [-0.15, -0.1) is 0 Å². The first-order chi connectivity index (χ1) is 19.7. The third kappa shape index (κ3) is 5.94. The van der Waals surface area contributed by atoms with Crippen LogP contribution in [0.25, 0.3) is 11.4 Å². The topological polar surface area (TPSA) is 79.9 Å². The van der Waals surface area contributed by atoms with Crippen LogP contribution in [-0.4, -0.2) is 64.0 Å². The van der Waals surface area contributed by atoms with Gasteiger partial charge in [-0.05, 0) is 60.8 Å². The maximum absolute atomic E-state index is 5.68. The molecule has 0 unspecified atom stereocenters. The summed E-state index contributed by atoms with van der Waals surface area (Å²) in [5.74, 6) is 2.02. The van der Waals surface area contributed by atoms with E-state index in [2.05, 4.69) is 84.8 Å². The number of aromatic nitrogens is 6. The summed E-state index contributed by atoms with van der Waals surface area (Å²) < 4.78 is 15.5. The van der Waals surface area contributed by atoms with Crippen molar-refractivity contribution in [3.63, 3.8) is 0 Å². The Hall–Kier alpha value is -3.14. The molecule has 2 saturated heterocycles. The van der Waals surface area contributed by atoms with E-state index in [0.29, 0.717) is 0 Å². The fourth-order valence-electron chi connectivity index (χ4n) is 5.94. The molecule has 0 bridgehead atoms. The number of nitrogens with zero attached hydrogens (tertiary/aromatic N) is 6. The van der Waals surface area contributed by atoms with Gasteiger partial charge in [-0.3, -0.25) is 0 Å². The van der Waals surface area contributed by atoms with Crippen LogP contribution in [0.15, 0.2) is 60.7 Å². The van der Waals surface area contributed by atoms with Crippen LogP contribution in [0.2, 0.25) is 13.1 Å². The SMILES string of the molecule is CC1(Cc2nc([Si](C)(C)c3nc(CC4(C)CCOCC4)n(-c4ccccc4)n3)nn2-c2ccccc2)CCOCC1. The lowest BCUT2D eigenvalue weighted by molar-refractivity contribution is 0.0228. The first-order valence-electron chi connectivity index (χ1n) is 14.9. The van der Waals surface area contributed by atoms with Crippen molar-refractivity contribution in [1.29, 1.82) is 0 Å². The number of ether oxygens (including phenoxy) is 2. The van der Waals surface area contributed by atoms with Gasteiger partial charge in [-0.1, -0.05) is 63.3 Å². The molecular formula is C32H42N6O2Si. The predicted octanol–water partition coefficient (Wildman–Crippen LogP) is 4.39. The smallest absolute Gasteiger partial charge is 0.210 e. The van der Waals surface area contributed by atoms with E-state index < -0.39 is 8.07 Å². The minimum atomic E-state index is -2.46. The van der Waals surface area contributed by atoms with E-state index in [1.165, 1.54) is 0 Å². The Balaban J connectivity index is 1.40. The number of benzene rings is 2. The van der Waals surface area contributed by atoms with Crippen LogP contribution in [0.5, 0.6) is 0 Å². The summed E-state index contributed by atoms with van der Waals surface area (Å²) in [6.07, 6.45) is 5.84. The normalized spacial score (nSPS) is 18.8. The lowest BCUT2D eigenvalue weighted by Gasteiger charge is -2.33. The zero-order valence-electron chi connectivity index (χ0n) is 24.8. The summed E-state index contributed by atoms with van der Waals surface area (Å²) >= 11 is 0. The molecule has 0 amide bonds. The predicted molar refractivity (Wildman–Crippen MR) is 163 cm³/mol. The highest BCUT2D eigenvalue weighted by Crippen LogP contribution is 2.34. The highest BCUT2D eigenvalue weighted by atomic mass is 28.3. The molecule has 2 aromatic carbocycles. The molecule has 2 fully saturated rings. The van der Waals surface area contributed by atoms with Crippen molar-refractivity contribution in [2.75, 3.05) is 26.4 Å². The second kappa shape index (κ2) is 11.3. The van der Waals surface area contributed by atoms with E-state index in [4.69, 9.17) is 29.6 Å². The van der Waals surface area contributed by atoms with Gasteiger partial charge in [0.15, 0.2) is 0 Å². The van der Waals surface area contributed by atoms with E-state index in [0.717, 1.165) is 98.9 Å². The maximum atomic E-state index is 5.68. The Morgan fingerprint density at radius 1 is 0.634 bits per heavy atom. The first-order valence-corrected chi connectivity index (χ1v) is 17.9. The molecular weight excluding hydrogens is 528 g/mol. The Bertz CT molecular complexity index is 1340. The van der Waals surface area contributed by atoms with Crippen molar-refractivity contribution in [2.45, 2.75) is 65.5 Å². The van der Waals surface area contributed by atoms with Crippen molar-refractivity contribution in [2.24, 2.45) is 10.8 Å². The third-order valence-electron chi connectivity index (χ3n) is 9.04. The molecule has 2 aliphatic rings. The van der Waals surface area contributed by atoms with E-state index in [1.807, 2.05) is 12.1 Å². The number of para-hydroxylation sites is 2. The number of hydrogen-bond acceptors (Lipinski definition) is 6. The quantitative estimate of drug-likeness (QED) is 0.293. The van der Waals surface area contributed by atoms with E-state index in [1.54, 1.807) is 0 Å². The summed E-state index contributed by atoms with van der Waals surface area (Å²) in [7, 11) is -2.46. The van der Waals surface area contributed by atoms with Crippen molar-refractivity contribution >= 4 is 19.0 Å². The monoisotopic (exact) mass is 570 g/mol. The molecule has 0 atom stereocenters. The van der Waals surface area contributed by atoms with Crippen LogP contribution in [-0.2, 0) is 22.3 Å². The molecule has 0 saturated carbocycles. The molecule has 0 spiro atoms. The summed E-state index contributed by atoms with van der Waals surface area (Å²) in [5.41, 5.74) is 4.11. The van der Waals surface area contributed by atoms with Crippen LogP contribution >= 0.6 is 0 Å². The Morgan fingerprint density at radius 3 is 1.37 bits per heavy atom. The number of hydrogen-bond donors (Lipinski definition) is 0. The molecule has 41 heavy (non-hydrogen) atoms. The average molecular weight is 571 g/mol. The summed E-state index contributed by atoms with van der Waals surface area (Å²) in [6, 6.07) is 20.8. The first kappa shape index (κ1) is 28.0. The molecule has 216 valence electrons. The second-order valence-corrected chi connectivity index (χ2v) is 17.2. The lowest BCUT2D eigenvalue weighted by atomic mass is 9.79. The summed E-state index contributed by atoms with van der Waals surface area (Å²) in [4.78, 5) is 10.6. The molecule has 6 rings (SSSR count). The third-order valence-corrected chi connectivity index (χ3v) is 11.7. The van der Waals surface area contributed by atoms with E-state index >= 15 is 0 Å². The van der Waals surface area contributed by atoms with E-state index in [-0.39, 0.29) is 10.8 Å². The van der Waals surface area contributed by atoms with Gasteiger partial charge in [-0.25, -0.2) is 19.3 Å². The summed E-state index contributed by atoms with van der Waals surface area (Å²) in [5, 5.41) is 10.4. The molecule has 0 N–H and O–H groups in total. The van der Waals surface area contributed by atoms with Gasteiger partial charge in [-0.2, -0.15) is 10.2 Å².